The number of nitrogens with zero attached hydrogens (tertiary/aromatic N) is 2. The molecule has 1 aliphatic rings. The number of hydrogen-bond donors (Lipinski definition) is 0. The maximum absolute atomic E-state index is 12.9. The number of piperazine rings is 1. The number of alkyl halides is 3. The van der Waals surface area contributed by atoms with Gasteiger partial charge in [0.15, 0.2) is 0 Å². The predicted octanol–water partition coefficient (Wildman–Crippen LogP) is 4.21. The van der Waals surface area contributed by atoms with E-state index in [-0.39, 0.29) is 11.7 Å². The fourth-order valence-electron chi connectivity index (χ4n) is 2.91. The Kier molecular flexibility index (Phi) is 5.48. The summed E-state index contributed by atoms with van der Waals surface area (Å²) in [5, 5.41) is 0. The lowest BCUT2D eigenvalue weighted by molar-refractivity contribution is -0.137. The molecular formula is C20H18F4N2O. The lowest BCUT2D eigenvalue weighted by Crippen LogP contribution is -2.48. The van der Waals surface area contributed by atoms with Gasteiger partial charge in [0.05, 0.1) is 5.56 Å². The summed E-state index contributed by atoms with van der Waals surface area (Å²) in [6.07, 6.45) is -1.34. The van der Waals surface area contributed by atoms with Crippen molar-refractivity contribution in [1.82, 2.24) is 4.90 Å². The minimum absolute atomic E-state index is 0.178. The molecule has 3 rings (SSSR count). The van der Waals surface area contributed by atoms with E-state index in [4.69, 9.17) is 0 Å². The first-order valence-corrected chi connectivity index (χ1v) is 8.48. The third-order valence-electron chi connectivity index (χ3n) is 4.42. The van der Waals surface area contributed by atoms with Crippen molar-refractivity contribution in [2.75, 3.05) is 31.1 Å². The molecule has 0 unspecified atom stereocenters. The van der Waals surface area contributed by atoms with E-state index in [0.717, 1.165) is 12.1 Å². The molecular weight excluding hydrogens is 360 g/mol. The van der Waals surface area contributed by atoms with E-state index >= 15 is 0 Å². The Bertz CT molecular complexity index is 823. The van der Waals surface area contributed by atoms with Crippen LogP contribution in [0.1, 0.15) is 11.1 Å². The molecule has 27 heavy (non-hydrogen) atoms. The molecule has 0 spiro atoms. The van der Waals surface area contributed by atoms with Crippen LogP contribution in [0.5, 0.6) is 0 Å². The normalized spacial score (nSPS) is 15.4. The highest BCUT2D eigenvalue weighted by atomic mass is 19.4. The number of amides is 1. The molecule has 1 aliphatic heterocycles. The minimum atomic E-state index is -4.38. The van der Waals surface area contributed by atoms with Crippen molar-refractivity contribution >= 4 is 17.7 Å². The quantitative estimate of drug-likeness (QED) is 0.590. The molecule has 7 heteroatoms. The highest BCUT2D eigenvalue weighted by Gasteiger charge is 2.31. The summed E-state index contributed by atoms with van der Waals surface area (Å²) in [5.74, 6) is -0.521. The van der Waals surface area contributed by atoms with Crippen molar-refractivity contribution in [1.29, 1.82) is 0 Å². The van der Waals surface area contributed by atoms with Gasteiger partial charge in [-0.15, -0.1) is 0 Å². The van der Waals surface area contributed by atoms with Gasteiger partial charge in [-0.3, -0.25) is 4.79 Å². The van der Waals surface area contributed by atoms with Gasteiger partial charge < -0.3 is 9.80 Å². The zero-order valence-corrected chi connectivity index (χ0v) is 14.4. The second-order valence-electron chi connectivity index (χ2n) is 6.25. The summed E-state index contributed by atoms with van der Waals surface area (Å²) < 4.78 is 51.4. The molecule has 0 atom stereocenters. The summed E-state index contributed by atoms with van der Waals surface area (Å²) in [7, 11) is 0. The molecule has 2 aromatic carbocycles. The molecule has 0 radical (unpaired) electrons. The number of rotatable bonds is 3. The molecule has 0 bridgehead atoms. The zero-order valence-electron chi connectivity index (χ0n) is 14.4. The number of hydrogen-bond acceptors (Lipinski definition) is 2. The molecule has 0 saturated carbocycles. The molecule has 1 saturated heterocycles. The van der Waals surface area contributed by atoms with Crippen LogP contribution in [0.15, 0.2) is 54.6 Å². The number of carbonyl (C=O) groups is 1. The van der Waals surface area contributed by atoms with E-state index in [0.29, 0.717) is 37.4 Å². The van der Waals surface area contributed by atoms with Crippen molar-refractivity contribution in [3.8, 4) is 0 Å². The van der Waals surface area contributed by atoms with Crippen molar-refractivity contribution in [2.24, 2.45) is 0 Å². The summed E-state index contributed by atoms with van der Waals surface area (Å²) >= 11 is 0. The van der Waals surface area contributed by atoms with E-state index < -0.39 is 11.7 Å². The Morgan fingerprint density at radius 2 is 1.63 bits per heavy atom. The third kappa shape index (κ3) is 4.87. The fourth-order valence-corrected chi connectivity index (χ4v) is 2.91. The standard InChI is InChI=1S/C20H18F4N2O/c21-17-7-4-15(5-8-17)6-9-19(27)26-12-10-25(11-13-26)18-3-1-2-16(14-18)20(22,23)24/h1-9,14H,10-13H2. The van der Waals surface area contributed by atoms with Gasteiger partial charge in [-0.25, -0.2) is 4.39 Å². The molecule has 0 N–H and O–H groups in total. The molecule has 2 aromatic rings. The molecule has 0 aliphatic carbocycles. The van der Waals surface area contributed by atoms with Gasteiger partial charge in [0, 0.05) is 37.9 Å². The second-order valence-corrected chi connectivity index (χ2v) is 6.25. The smallest absolute Gasteiger partial charge is 0.368 e. The Labute approximate surface area is 154 Å². The Morgan fingerprint density at radius 3 is 2.26 bits per heavy atom. The second kappa shape index (κ2) is 7.82. The number of anilines is 1. The maximum Gasteiger partial charge on any atom is 0.416 e. The van der Waals surface area contributed by atoms with Crippen LogP contribution in [0.2, 0.25) is 0 Å². The Morgan fingerprint density at radius 1 is 0.963 bits per heavy atom. The average Bonchev–Trinajstić information content (AvgIpc) is 2.67. The first-order valence-electron chi connectivity index (χ1n) is 8.48. The lowest BCUT2D eigenvalue weighted by Gasteiger charge is -2.35. The van der Waals surface area contributed by atoms with Crippen molar-refractivity contribution in [3.05, 3.63) is 71.6 Å². The van der Waals surface area contributed by atoms with E-state index in [1.54, 1.807) is 29.2 Å². The number of carbonyl (C=O) groups excluding carboxylic acids is 1. The molecule has 142 valence electrons. The van der Waals surface area contributed by atoms with Crippen LogP contribution in [-0.4, -0.2) is 37.0 Å². The van der Waals surface area contributed by atoms with E-state index in [9.17, 15) is 22.4 Å². The number of benzene rings is 2. The minimum Gasteiger partial charge on any atom is -0.368 e. The zero-order chi connectivity index (χ0) is 19.4. The topological polar surface area (TPSA) is 23.6 Å². The van der Waals surface area contributed by atoms with Gasteiger partial charge in [-0.1, -0.05) is 18.2 Å². The van der Waals surface area contributed by atoms with Gasteiger partial charge >= 0.3 is 6.18 Å². The van der Waals surface area contributed by atoms with E-state index in [1.807, 2.05) is 4.90 Å². The van der Waals surface area contributed by atoms with Crippen LogP contribution in [0.25, 0.3) is 6.08 Å². The summed E-state index contributed by atoms with van der Waals surface area (Å²) in [6.45, 7) is 1.75. The van der Waals surface area contributed by atoms with Gasteiger partial charge in [0.25, 0.3) is 0 Å². The maximum atomic E-state index is 12.9. The fraction of sp³-hybridized carbons (Fsp3) is 0.250. The first kappa shape index (κ1) is 18.9. The third-order valence-corrected chi connectivity index (χ3v) is 4.42. The van der Waals surface area contributed by atoms with Crippen molar-refractivity contribution in [3.63, 3.8) is 0 Å². The van der Waals surface area contributed by atoms with Crippen LogP contribution in [-0.2, 0) is 11.0 Å². The van der Waals surface area contributed by atoms with Crippen molar-refractivity contribution in [2.45, 2.75) is 6.18 Å². The lowest BCUT2D eigenvalue weighted by atomic mass is 10.1. The van der Waals surface area contributed by atoms with E-state index in [2.05, 4.69) is 0 Å². The van der Waals surface area contributed by atoms with E-state index in [1.165, 1.54) is 24.3 Å². The van der Waals surface area contributed by atoms with Gasteiger partial charge in [-0.05, 0) is 42.0 Å². The molecule has 1 heterocycles. The Balaban J connectivity index is 1.58. The molecule has 1 amide bonds. The van der Waals surface area contributed by atoms with Crippen LogP contribution >= 0.6 is 0 Å². The van der Waals surface area contributed by atoms with Crippen LogP contribution in [0.3, 0.4) is 0 Å². The largest absolute Gasteiger partial charge is 0.416 e. The van der Waals surface area contributed by atoms with Crippen LogP contribution in [0.4, 0.5) is 23.2 Å². The first-order chi connectivity index (χ1) is 12.8. The molecule has 3 nitrogen and oxygen atoms in total. The van der Waals surface area contributed by atoms with Crippen molar-refractivity contribution < 1.29 is 22.4 Å². The monoisotopic (exact) mass is 378 g/mol. The summed E-state index contributed by atoms with van der Waals surface area (Å²) in [5.41, 5.74) is 0.534. The van der Waals surface area contributed by atoms with Gasteiger partial charge in [-0.2, -0.15) is 13.2 Å². The average molecular weight is 378 g/mol. The summed E-state index contributed by atoms with van der Waals surface area (Å²) in [6, 6.07) is 11.0. The highest BCUT2D eigenvalue weighted by molar-refractivity contribution is 5.92. The predicted molar refractivity (Wildman–Crippen MR) is 95.7 cm³/mol. The molecule has 1 fully saturated rings. The van der Waals surface area contributed by atoms with Gasteiger partial charge in [0.2, 0.25) is 5.91 Å². The Hall–Kier alpha value is -2.83. The number of halogens is 4. The molecule has 0 aromatic heterocycles. The highest BCUT2D eigenvalue weighted by Crippen LogP contribution is 2.31. The van der Waals surface area contributed by atoms with Crippen LogP contribution in [0, 0.1) is 5.82 Å². The summed E-state index contributed by atoms with van der Waals surface area (Å²) in [4.78, 5) is 15.7. The van der Waals surface area contributed by atoms with Gasteiger partial charge in [0.1, 0.15) is 5.82 Å². The SMILES string of the molecule is O=C(C=Cc1ccc(F)cc1)N1CCN(c2cccc(C(F)(F)F)c2)CC1. The van der Waals surface area contributed by atoms with Crippen LogP contribution < -0.4 is 4.90 Å².